The number of likely N-dealkylation sites (tertiary alicyclic amines) is 1. The summed E-state index contributed by atoms with van der Waals surface area (Å²) < 4.78 is 0. The second kappa shape index (κ2) is 8.18. The number of hydrogen-bond donors (Lipinski definition) is 1. The maximum atomic E-state index is 11.2. The highest BCUT2D eigenvalue weighted by molar-refractivity contribution is 5.70. The summed E-state index contributed by atoms with van der Waals surface area (Å²) in [7, 11) is 0. The van der Waals surface area contributed by atoms with Crippen molar-refractivity contribution < 1.29 is 9.90 Å². The highest BCUT2D eigenvalue weighted by Gasteiger charge is 2.18. The highest BCUT2D eigenvalue weighted by Crippen LogP contribution is 2.17. The van der Waals surface area contributed by atoms with Crippen LogP contribution in [0.5, 0.6) is 0 Å². The second-order valence-electron chi connectivity index (χ2n) is 6.42. The zero-order chi connectivity index (χ0) is 15.9. The first-order chi connectivity index (χ1) is 10.6. The van der Waals surface area contributed by atoms with Crippen molar-refractivity contribution in [1.82, 2.24) is 4.90 Å². The van der Waals surface area contributed by atoms with E-state index in [-0.39, 0.29) is 5.92 Å². The predicted octanol–water partition coefficient (Wildman–Crippen LogP) is 3.01. The van der Waals surface area contributed by atoms with Crippen molar-refractivity contribution in [3.8, 4) is 0 Å². The van der Waals surface area contributed by atoms with E-state index in [1.807, 2.05) is 0 Å². The van der Waals surface area contributed by atoms with Gasteiger partial charge in [-0.25, -0.2) is 0 Å². The van der Waals surface area contributed by atoms with Gasteiger partial charge in [-0.2, -0.15) is 0 Å². The van der Waals surface area contributed by atoms with Crippen molar-refractivity contribution in [3.05, 3.63) is 29.8 Å². The average molecular weight is 304 g/mol. The van der Waals surface area contributed by atoms with Gasteiger partial charge in [-0.15, -0.1) is 0 Å². The summed E-state index contributed by atoms with van der Waals surface area (Å²) in [6, 6.07) is 8.38. The van der Waals surface area contributed by atoms with Gasteiger partial charge in [0.1, 0.15) is 0 Å². The van der Waals surface area contributed by atoms with Gasteiger partial charge in [-0.1, -0.05) is 31.0 Å². The van der Waals surface area contributed by atoms with Crippen molar-refractivity contribution in [2.24, 2.45) is 5.92 Å². The monoisotopic (exact) mass is 304 g/mol. The summed E-state index contributed by atoms with van der Waals surface area (Å²) >= 11 is 0. The van der Waals surface area contributed by atoms with Gasteiger partial charge in [0.05, 0.1) is 5.92 Å². The largest absolute Gasteiger partial charge is 0.481 e. The van der Waals surface area contributed by atoms with Gasteiger partial charge in [0.25, 0.3) is 0 Å². The molecular weight excluding hydrogens is 276 g/mol. The summed E-state index contributed by atoms with van der Waals surface area (Å²) in [6.45, 7) is 8.67. The Morgan fingerprint density at radius 1 is 1.23 bits per heavy atom. The van der Waals surface area contributed by atoms with E-state index < -0.39 is 5.97 Å². The summed E-state index contributed by atoms with van der Waals surface area (Å²) in [6.07, 6.45) is 3.92. The number of piperidine rings is 1. The molecule has 1 aliphatic rings. The zero-order valence-electron chi connectivity index (χ0n) is 13.8. The lowest BCUT2D eigenvalue weighted by atomic mass is 10.1. The van der Waals surface area contributed by atoms with Crippen LogP contribution in [0, 0.1) is 12.8 Å². The van der Waals surface area contributed by atoms with Crippen LogP contribution in [-0.4, -0.2) is 48.7 Å². The number of carboxylic acid groups (broad SMARTS) is 1. The van der Waals surface area contributed by atoms with E-state index in [9.17, 15) is 9.90 Å². The van der Waals surface area contributed by atoms with Crippen LogP contribution < -0.4 is 4.90 Å². The minimum absolute atomic E-state index is 0.359. The summed E-state index contributed by atoms with van der Waals surface area (Å²) in [4.78, 5) is 15.9. The maximum absolute atomic E-state index is 11.2. The van der Waals surface area contributed by atoms with E-state index in [0.29, 0.717) is 6.54 Å². The fourth-order valence-corrected chi connectivity index (χ4v) is 2.94. The molecule has 0 radical (unpaired) electrons. The number of anilines is 1. The van der Waals surface area contributed by atoms with Crippen LogP contribution in [0.15, 0.2) is 24.3 Å². The van der Waals surface area contributed by atoms with Gasteiger partial charge in [0.15, 0.2) is 0 Å². The molecule has 1 heterocycles. The predicted molar refractivity (Wildman–Crippen MR) is 90.5 cm³/mol. The van der Waals surface area contributed by atoms with E-state index in [4.69, 9.17) is 0 Å². The van der Waals surface area contributed by atoms with E-state index in [1.165, 1.54) is 37.9 Å². The molecule has 0 saturated carbocycles. The lowest BCUT2D eigenvalue weighted by Gasteiger charge is -2.32. The minimum Gasteiger partial charge on any atom is -0.481 e. The maximum Gasteiger partial charge on any atom is 0.308 e. The lowest BCUT2D eigenvalue weighted by molar-refractivity contribution is -0.140. The standard InChI is InChI=1S/C18H28N2O2/c1-15-6-8-17(9-7-15)20(14-16(2)18(21)22)13-12-19-10-4-3-5-11-19/h6-9,16H,3-5,10-14H2,1-2H3,(H,21,22). The van der Waals surface area contributed by atoms with Crippen molar-refractivity contribution in [3.63, 3.8) is 0 Å². The number of carbonyl (C=O) groups is 1. The molecule has 4 heteroatoms. The third-order valence-electron chi connectivity index (χ3n) is 4.45. The fraction of sp³-hybridized carbons (Fsp3) is 0.611. The molecule has 0 aliphatic carbocycles. The summed E-state index contributed by atoms with van der Waals surface area (Å²) in [5.41, 5.74) is 2.35. The number of aliphatic carboxylic acids is 1. The molecule has 1 unspecified atom stereocenters. The van der Waals surface area contributed by atoms with Gasteiger partial charge < -0.3 is 14.9 Å². The van der Waals surface area contributed by atoms with E-state index in [1.54, 1.807) is 6.92 Å². The molecule has 4 nitrogen and oxygen atoms in total. The van der Waals surface area contributed by atoms with Crippen molar-refractivity contribution in [2.75, 3.05) is 37.6 Å². The Labute approximate surface area is 133 Å². The Morgan fingerprint density at radius 2 is 1.86 bits per heavy atom. The Balaban J connectivity index is 2.00. The number of carboxylic acids is 1. The highest BCUT2D eigenvalue weighted by atomic mass is 16.4. The third kappa shape index (κ3) is 5.02. The minimum atomic E-state index is -0.727. The Hall–Kier alpha value is -1.55. The van der Waals surface area contributed by atoms with Gasteiger partial charge in [-0.3, -0.25) is 4.79 Å². The molecule has 1 saturated heterocycles. The Bertz CT molecular complexity index is 466. The first-order valence-corrected chi connectivity index (χ1v) is 8.33. The Morgan fingerprint density at radius 3 is 2.45 bits per heavy atom. The molecule has 1 N–H and O–H groups in total. The average Bonchev–Trinajstić information content (AvgIpc) is 2.53. The molecule has 122 valence electrons. The van der Waals surface area contributed by atoms with Crippen molar-refractivity contribution in [2.45, 2.75) is 33.1 Å². The first kappa shape index (κ1) is 16.8. The molecule has 0 spiro atoms. The first-order valence-electron chi connectivity index (χ1n) is 8.33. The molecule has 0 aromatic heterocycles. The van der Waals surface area contributed by atoms with Crippen molar-refractivity contribution in [1.29, 1.82) is 0 Å². The molecule has 22 heavy (non-hydrogen) atoms. The van der Waals surface area contributed by atoms with Crippen LogP contribution in [0.3, 0.4) is 0 Å². The van der Waals surface area contributed by atoms with Gasteiger partial charge in [-0.05, 0) is 45.0 Å². The molecule has 2 rings (SSSR count). The van der Waals surface area contributed by atoms with Gasteiger partial charge in [0, 0.05) is 25.3 Å². The normalized spacial score (nSPS) is 17.2. The van der Waals surface area contributed by atoms with Crippen LogP contribution in [0.1, 0.15) is 31.7 Å². The van der Waals surface area contributed by atoms with Crippen LogP contribution in [-0.2, 0) is 4.79 Å². The van der Waals surface area contributed by atoms with Crippen molar-refractivity contribution >= 4 is 11.7 Å². The molecular formula is C18H28N2O2. The fourth-order valence-electron chi connectivity index (χ4n) is 2.94. The van der Waals surface area contributed by atoms with E-state index >= 15 is 0 Å². The summed E-state index contributed by atoms with van der Waals surface area (Å²) in [5, 5.41) is 9.20. The molecule has 1 aromatic carbocycles. The second-order valence-corrected chi connectivity index (χ2v) is 6.42. The lowest BCUT2D eigenvalue weighted by Crippen LogP contribution is -2.40. The third-order valence-corrected chi connectivity index (χ3v) is 4.45. The van der Waals surface area contributed by atoms with Crippen LogP contribution in [0.4, 0.5) is 5.69 Å². The summed E-state index contributed by atoms with van der Waals surface area (Å²) in [5.74, 6) is -1.09. The van der Waals surface area contributed by atoms with E-state index in [2.05, 4.69) is 41.0 Å². The van der Waals surface area contributed by atoms with E-state index in [0.717, 1.165) is 18.8 Å². The molecule has 1 atom stereocenters. The number of hydrogen-bond acceptors (Lipinski definition) is 3. The molecule has 1 fully saturated rings. The smallest absolute Gasteiger partial charge is 0.308 e. The SMILES string of the molecule is Cc1ccc(N(CCN2CCCCC2)CC(C)C(=O)O)cc1. The molecule has 0 bridgehead atoms. The number of benzene rings is 1. The number of rotatable bonds is 7. The zero-order valence-corrected chi connectivity index (χ0v) is 13.8. The topological polar surface area (TPSA) is 43.8 Å². The van der Waals surface area contributed by atoms with Crippen LogP contribution >= 0.6 is 0 Å². The van der Waals surface area contributed by atoms with Gasteiger partial charge >= 0.3 is 5.97 Å². The van der Waals surface area contributed by atoms with Crippen LogP contribution in [0.25, 0.3) is 0 Å². The van der Waals surface area contributed by atoms with Crippen LogP contribution in [0.2, 0.25) is 0 Å². The van der Waals surface area contributed by atoms with Gasteiger partial charge in [0.2, 0.25) is 0 Å². The Kier molecular flexibility index (Phi) is 6.25. The molecule has 1 aromatic rings. The molecule has 0 amide bonds. The number of nitrogens with zero attached hydrogens (tertiary/aromatic N) is 2. The molecule has 1 aliphatic heterocycles. The number of aryl methyl sites for hydroxylation is 1. The quantitative estimate of drug-likeness (QED) is 0.841.